The predicted octanol–water partition coefficient (Wildman–Crippen LogP) is 4.29. The van der Waals surface area contributed by atoms with Crippen molar-refractivity contribution in [2.75, 3.05) is 11.9 Å². The van der Waals surface area contributed by atoms with Crippen LogP contribution in [0.3, 0.4) is 0 Å². The van der Waals surface area contributed by atoms with Gasteiger partial charge in [0.25, 0.3) is 5.91 Å². The maximum absolute atomic E-state index is 12.5. The monoisotopic (exact) mass is 388 g/mol. The van der Waals surface area contributed by atoms with Gasteiger partial charge in [0.1, 0.15) is 4.32 Å². The largest absolute Gasteiger partial charge is 0.326 e. The molecule has 0 spiro atoms. The van der Waals surface area contributed by atoms with E-state index in [0.717, 1.165) is 16.1 Å². The van der Waals surface area contributed by atoms with E-state index in [-0.39, 0.29) is 24.8 Å². The molecule has 0 saturated carbocycles. The van der Waals surface area contributed by atoms with Gasteiger partial charge in [-0.25, -0.2) is 0 Å². The first-order valence-electron chi connectivity index (χ1n) is 7.68. The zero-order chi connectivity index (χ0) is 17.8. The average Bonchev–Trinajstić information content (AvgIpc) is 3.15. The Labute approximate surface area is 159 Å². The van der Waals surface area contributed by atoms with Gasteiger partial charge in [-0.05, 0) is 42.1 Å². The summed E-state index contributed by atoms with van der Waals surface area (Å²) in [6.07, 6.45) is 2.05. The van der Waals surface area contributed by atoms with Crippen LogP contribution in [-0.2, 0) is 9.59 Å². The second-order valence-electron chi connectivity index (χ2n) is 5.52. The topological polar surface area (TPSA) is 49.4 Å². The molecule has 7 heteroatoms. The van der Waals surface area contributed by atoms with Crippen LogP contribution in [0.1, 0.15) is 16.9 Å². The Morgan fingerprint density at radius 3 is 2.88 bits per heavy atom. The lowest BCUT2D eigenvalue weighted by molar-refractivity contribution is -0.122. The highest BCUT2D eigenvalue weighted by atomic mass is 32.2. The second kappa shape index (κ2) is 7.95. The fraction of sp³-hybridized carbons (Fsp3) is 0.167. The number of amides is 2. The zero-order valence-corrected chi connectivity index (χ0v) is 16.0. The number of benzene rings is 1. The Hall–Kier alpha value is -1.96. The summed E-state index contributed by atoms with van der Waals surface area (Å²) in [7, 11) is 0. The fourth-order valence-corrected chi connectivity index (χ4v) is 4.39. The molecule has 2 heterocycles. The molecule has 1 fully saturated rings. The normalized spacial score (nSPS) is 15.9. The van der Waals surface area contributed by atoms with E-state index in [1.54, 1.807) is 11.3 Å². The van der Waals surface area contributed by atoms with Crippen molar-refractivity contribution >= 4 is 63.2 Å². The van der Waals surface area contributed by atoms with Gasteiger partial charge in [0, 0.05) is 23.5 Å². The molecule has 1 saturated heterocycles. The van der Waals surface area contributed by atoms with E-state index in [9.17, 15) is 9.59 Å². The summed E-state index contributed by atoms with van der Waals surface area (Å²) in [6.45, 7) is 2.25. The molecule has 4 nitrogen and oxygen atoms in total. The van der Waals surface area contributed by atoms with Crippen molar-refractivity contribution in [2.45, 2.75) is 13.3 Å². The fourth-order valence-electron chi connectivity index (χ4n) is 2.36. The molecular weight excluding hydrogens is 372 g/mol. The maximum Gasteiger partial charge on any atom is 0.266 e. The van der Waals surface area contributed by atoms with E-state index in [0.29, 0.717) is 9.23 Å². The summed E-state index contributed by atoms with van der Waals surface area (Å²) >= 11 is 8.14. The van der Waals surface area contributed by atoms with E-state index in [2.05, 4.69) is 5.32 Å². The van der Waals surface area contributed by atoms with Crippen LogP contribution in [0.5, 0.6) is 0 Å². The summed E-state index contributed by atoms with van der Waals surface area (Å²) < 4.78 is 0.496. The molecule has 0 unspecified atom stereocenters. The van der Waals surface area contributed by atoms with Gasteiger partial charge in [-0.15, -0.1) is 11.3 Å². The lowest BCUT2D eigenvalue weighted by Gasteiger charge is -2.14. The second-order valence-corrected chi connectivity index (χ2v) is 8.17. The minimum Gasteiger partial charge on any atom is -0.326 e. The van der Waals surface area contributed by atoms with Crippen molar-refractivity contribution in [3.63, 3.8) is 0 Å². The third-order valence-electron chi connectivity index (χ3n) is 3.55. The molecule has 1 aromatic heterocycles. The summed E-state index contributed by atoms with van der Waals surface area (Å²) in [4.78, 5) is 27.7. The van der Waals surface area contributed by atoms with Gasteiger partial charge in [0.15, 0.2) is 0 Å². The highest BCUT2D eigenvalue weighted by Crippen LogP contribution is 2.33. The lowest BCUT2D eigenvalue weighted by Crippen LogP contribution is -2.31. The third-order valence-corrected chi connectivity index (χ3v) is 5.75. The zero-order valence-electron chi connectivity index (χ0n) is 13.5. The number of carbonyl (C=O) groups excluding carboxylic acids is 2. The molecule has 1 aliphatic heterocycles. The van der Waals surface area contributed by atoms with Crippen molar-refractivity contribution in [3.8, 4) is 0 Å². The Balaban J connectivity index is 1.58. The van der Waals surface area contributed by atoms with Gasteiger partial charge < -0.3 is 5.32 Å². The molecule has 1 N–H and O–H groups in total. The maximum atomic E-state index is 12.5. The number of aryl methyl sites for hydroxylation is 1. The molecule has 25 heavy (non-hydrogen) atoms. The molecule has 2 aromatic rings. The van der Waals surface area contributed by atoms with Gasteiger partial charge in [-0.3, -0.25) is 14.5 Å². The van der Waals surface area contributed by atoms with E-state index in [1.807, 2.05) is 54.8 Å². The first-order valence-corrected chi connectivity index (χ1v) is 9.79. The molecular formula is C18H16N2O2S3. The number of thiocarbonyl (C=S) groups is 1. The molecule has 2 amide bonds. The number of carbonyl (C=O) groups is 2. The number of anilines is 1. The third kappa shape index (κ3) is 4.56. The van der Waals surface area contributed by atoms with E-state index in [4.69, 9.17) is 12.2 Å². The Bertz CT molecular complexity index is 844. The van der Waals surface area contributed by atoms with Crippen molar-refractivity contribution in [3.05, 3.63) is 57.1 Å². The Morgan fingerprint density at radius 2 is 2.16 bits per heavy atom. The SMILES string of the molecule is Cc1cccc(NC(=O)CCN2C(=O)C(=Cc3cccs3)SC2=S)c1. The molecule has 1 aromatic carbocycles. The highest BCUT2D eigenvalue weighted by molar-refractivity contribution is 8.26. The quantitative estimate of drug-likeness (QED) is 0.613. The van der Waals surface area contributed by atoms with Crippen LogP contribution in [0.25, 0.3) is 6.08 Å². The lowest BCUT2D eigenvalue weighted by atomic mass is 10.2. The molecule has 0 aliphatic carbocycles. The standard InChI is InChI=1S/C18H16N2O2S3/c1-12-4-2-5-13(10-12)19-16(21)7-8-20-17(22)15(25-18(20)23)11-14-6-3-9-24-14/h2-6,9-11H,7-8H2,1H3,(H,19,21). The minimum atomic E-state index is -0.137. The molecule has 1 aliphatic rings. The highest BCUT2D eigenvalue weighted by Gasteiger charge is 2.32. The van der Waals surface area contributed by atoms with Crippen LogP contribution in [-0.4, -0.2) is 27.6 Å². The van der Waals surface area contributed by atoms with Crippen LogP contribution < -0.4 is 5.32 Å². The van der Waals surface area contributed by atoms with Crippen LogP contribution in [0.2, 0.25) is 0 Å². The van der Waals surface area contributed by atoms with Crippen molar-refractivity contribution in [1.82, 2.24) is 4.90 Å². The number of hydrogen-bond donors (Lipinski definition) is 1. The van der Waals surface area contributed by atoms with Crippen molar-refractivity contribution in [2.24, 2.45) is 0 Å². The number of rotatable bonds is 5. The van der Waals surface area contributed by atoms with E-state index in [1.165, 1.54) is 16.7 Å². The van der Waals surface area contributed by atoms with Gasteiger partial charge in [-0.2, -0.15) is 0 Å². The molecule has 0 bridgehead atoms. The molecule has 0 atom stereocenters. The first kappa shape index (κ1) is 17.8. The minimum absolute atomic E-state index is 0.133. The van der Waals surface area contributed by atoms with Gasteiger partial charge in [0.05, 0.1) is 4.91 Å². The van der Waals surface area contributed by atoms with Crippen LogP contribution in [0, 0.1) is 6.92 Å². The van der Waals surface area contributed by atoms with Gasteiger partial charge in [-0.1, -0.05) is 42.2 Å². The number of thiophene rings is 1. The summed E-state index contributed by atoms with van der Waals surface area (Å²) in [5.74, 6) is -0.270. The number of thioether (sulfide) groups is 1. The van der Waals surface area contributed by atoms with E-state index < -0.39 is 0 Å². The first-order chi connectivity index (χ1) is 12.0. The van der Waals surface area contributed by atoms with E-state index >= 15 is 0 Å². The average molecular weight is 389 g/mol. The summed E-state index contributed by atoms with van der Waals surface area (Å²) in [6, 6.07) is 11.5. The Morgan fingerprint density at radius 1 is 1.32 bits per heavy atom. The molecule has 3 rings (SSSR count). The number of hydrogen-bond acceptors (Lipinski definition) is 5. The van der Waals surface area contributed by atoms with Crippen LogP contribution in [0.4, 0.5) is 5.69 Å². The molecule has 128 valence electrons. The van der Waals surface area contributed by atoms with Gasteiger partial charge in [0.2, 0.25) is 5.91 Å². The number of nitrogens with one attached hydrogen (secondary N) is 1. The molecule has 0 radical (unpaired) electrons. The van der Waals surface area contributed by atoms with Crippen molar-refractivity contribution in [1.29, 1.82) is 0 Å². The van der Waals surface area contributed by atoms with Crippen LogP contribution in [0.15, 0.2) is 46.7 Å². The number of nitrogens with zero attached hydrogens (tertiary/aromatic N) is 1. The summed E-state index contributed by atoms with van der Waals surface area (Å²) in [5.41, 5.74) is 1.83. The van der Waals surface area contributed by atoms with Crippen molar-refractivity contribution < 1.29 is 9.59 Å². The smallest absolute Gasteiger partial charge is 0.266 e. The van der Waals surface area contributed by atoms with Crippen LogP contribution >= 0.6 is 35.3 Å². The predicted molar refractivity (Wildman–Crippen MR) is 109 cm³/mol. The summed E-state index contributed by atoms with van der Waals surface area (Å²) in [5, 5.41) is 4.80. The van der Waals surface area contributed by atoms with Gasteiger partial charge >= 0.3 is 0 Å². The Kier molecular flexibility index (Phi) is 5.67.